The van der Waals surface area contributed by atoms with E-state index in [4.69, 9.17) is 4.74 Å². The van der Waals surface area contributed by atoms with Crippen LogP contribution < -0.4 is 15.4 Å². The van der Waals surface area contributed by atoms with E-state index >= 15 is 0 Å². The monoisotopic (exact) mass is 505 g/mol. The van der Waals surface area contributed by atoms with E-state index in [2.05, 4.69) is 33.8 Å². The molecule has 0 radical (unpaired) electrons. The summed E-state index contributed by atoms with van der Waals surface area (Å²) in [6, 6.07) is 14.2. The Morgan fingerprint density at radius 3 is 2.56 bits per heavy atom. The van der Waals surface area contributed by atoms with Gasteiger partial charge < -0.3 is 15.4 Å². The molecule has 27 heavy (non-hydrogen) atoms. The molecule has 0 saturated heterocycles. The zero-order valence-corrected chi connectivity index (χ0v) is 18.9. The lowest BCUT2D eigenvalue weighted by Crippen LogP contribution is -2.39. The molecule has 0 fully saturated rings. The van der Waals surface area contributed by atoms with Crippen molar-refractivity contribution in [1.29, 1.82) is 0 Å². The van der Waals surface area contributed by atoms with Gasteiger partial charge in [-0.15, -0.1) is 24.0 Å². The van der Waals surface area contributed by atoms with Crippen LogP contribution in [-0.4, -0.2) is 52.6 Å². The summed E-state index contributed by atoms with van der Waals surface area (Å²) < 4.78 is 28.1. The van der Waals surface area contributed by atoms with E-state index in [9.17, 15) is 8.42 Å². The first-order valence-electron chi connectivity index (χ1n) is 8.79. The van der Waals surface area contributed by atoms with Gasteiger partial charge in [-0.05, 0) is 29.8 Å². The first-order valence-corrected chi connectivity index (χ1v) is 10.9. The van der Waals surface area contributed by atoms with Gasteiger partial charge in [0.1, 0.15) is 15.6 Å². The van der Waals surface area contributed by atoms with Gasteiger partial charge >= 0.3 is 0 Å². The van der Waals surface area contributed by atoms with Crippen LogP contribution >= 0.6 is 24.0 Å². The minimum absolute atomic E-state index is 0. The fraction of sp³-hybridized carbons (Fsp3) is 0.421. The Hall–Kier alpha value is -1.55. The fourth-order valence-electron chi connectivity index (χ4n) is 2.40. The summed E-state index contributed by atoms with van der Waals surface area (Å²) in [6.45, 7) is 4.21. The molecule has 2 aromatic rings. The standard InChI is InChI=1S/C19H27N3O3S.HI/c1-3-20-19(22-12-14-26(2,23)24)21-11-6-13-25-18-10-9-16-7-4-5-8-17(16)15-18;/h4-5,7-10,15H,3,6,11-14H2,1-2H3,(H2,20,21,22);1H. The number of fused-ring (bicyclic) bond motifs is 1. The molecule has 0 aliphatic carbocycles. The van der Waals surface area contributed by atoms with Crippen molar-refractivity contribution in [2.24, 2.45) is 4.99 Å². The number of ether oxygens (including phenoxy) is 1. The number of benzene rings is 2. The van der Waals surface area contributed by atoms with Crippen LogP contribution in [0.2, 0.25) is 0 Å². The third kappa shape index (κ3) is 9.28. The average molecular weight is 505 g/mol. The molecule has 0 unspecified atom stereocenters. The van der Waals surface area contributed by atoms with Gasteiger partial charge in [0.2, 0.25) is 0 Å². The molecule has 0 amide bonds. The molecule has 0 atom stereocenters. The molecule has 6 nitrogen and oxygen atoms in total. The Labute approximate surface area is 178 Å². The van der Waals surface area contributed by atoms with E-state index in [1.54, 1.807) is 0 Å². The van der Waals surface area contributed by atoms with Gasteiger partial charge in [0.15, 0.2) is 5.96 Å². The molecule has 8 heteroatoms. The topological polar surface area (TPSA) is 79.8 Å². The van der Waals surface area contributed by atoms with Crippen LogP contribution in [-0.2, 0) is 9.84 Å². The third-order valence-corrected chi connectivity index (χ3v) is 4.62. The highest BCUT2D eigenvalue weighted by Crippen LogP contribution is 2.20. The molecule has 2 aromatic carbocycles. The molecular weight excluding hydrogens is 477 g/mol. The number of halogens is 1. The summed E-state index contributed by atoms with van der Waals surface area (Å²) >= 11 is 0. The smallest absolute Gasteiger partial charge is 0.191 e. The number of aliphatic imine (C=N–C) groups is 1. The molecule has 0 aliphatic rings. The first kappa shape index (κ1) is 23.5. The number of sulfone groups is 1. The molecule has 150 valence electrons. The highest BCUT2D eigenvalue weighted by Gasteiger charge is 2.03. The minimum Gasteiger partial charge on any atom is -0.494 e. The lowest BCUT2D eigenvalue weighted by molar-refractivity contribution is 0.314. The molecule has 2 rings (SSSR count). The van der Waals surface area contributed by atoms with Crippen molar-refractivity contribution < 1.29 is 13.2 Å². The maximum absolute atomic E-state index is 11.2. The number of nitrogens with one attached hydrogen (secondary N) is 2. The van der Waals surface area contributed by atoms with Gasteiger partial charge in [0.05, 0.1) is 12.4 Å². The second kappa shape index (κ2) is 12.0. The second-order valence-electron chi connectivity index (χ2n) is 6.03. The maximum atomic E-state index is 11.2. The van der Waals surface area contributed by atoms with Crippen molar-refractivity contribution in [1.82, 2.24) is 10.6 Å². The summed E-state index contributed by atoms with van der Waals surface area (Å²) in [4.78, 5) is 4.43. The maximum Gasteiger partial charge on any atom is 0.191 e. The van der Waals surface area contributed by atoms with Gasteiger partial charge in [0.25, 0.3) is 0 Å². The number of hydrogen-bond donors (Lipinski definition) is 2. The van der Waals surface area contributed by atoms with E-state index in [0.717, 1.165) is 24.1 Å². The predicted octanol–water partition coefficient (Wildman–Crippen LogP) is 2.83. The largest absolute Gasteiger partial charge is 0.494 e. The zero-order valence-electron chi connectivity index (χ0n) is 15.8. The lowest BCUT2D eigenvalue weighted by atomic mass is 10.1. The summed E-state index contributed by atoms with van der Waals surface area (Å²) in [5, 5.41) is 8.48. The van der Waals surface area contributed by atoms with E-state index in [1.807, 2.05) is 31.2 Å². The Balaban J connectivity index is 0.00000364. The summed E-state index contributed by atoms with van der Waals surface area (Å²) in [7, 11) is -2.98. The predicted molar refractivity (Wildman–Crippen MR) is 123 cm³/mol. The summed E-state index contributed by atoms with van der Waals surface area (Å²) in [5.41, 5.74) is 0. The highest BCUT2D eigenvalue weighted by molar-refractivity contribution is 14.0. The number of nitrogens with zero attached hydrogens (tertiary/aromatic N) is 1. The molecule has 0 heterocycles. The van der Waals surface area contributed by atoms with Crippen molar-refractivity contribution in [3.8, 4) is 5.75 Å². The van der Waals surface area contributed by atoms with Gasteiger partial charge in [-0.25, -0.2) is 8.42 Å². The van der Waals surface area contributed by atoms with E-state index in [-0.39, 0.29) is 29.7 Å². The van der Waals surface area contributed by atoms with Gasteiger partial charge in [-0.1, -0.05) is 30.3 Å². The number of rotatable bonds is 9. The van der Waals surface area contributed by atoms with Crippen LogP contribution in [0.25, 0.3) is 10.8 Å². The molecule has 0 aliphatic heterocycles. The Kier molecular flexibility index (Phi) is 10.5. The van der Waals surface area contributed by atoms with Crippen LogP contribution in [0.3, 0.4) is 0 Å². The highest BCUT2D eigenvalue weighted by atomic mass is 127. The Bertz CT molecular complexity index is 841. The third-order valence-electron chi connectivity index (χ3n) is 3.67. The quantitative estimate of drug-likeness (QED) is 0.237. The molecular formula is C19H28IN3O3S. The zero-order chi connectivity index (χ0) is 18.8. The van der Waals surface area contributed by atoms with E-state index in [0.29, 0.717) is 25.7 Å². The molecule has 0 spiro atoms. The number of hydrogen-bond acceptors (Lipinski definition) is 4. The van der Waals surface area contributed by atoms with Crippen molar-refractivity contribution >= 4 is 50.5 Å². The lowest BCUT2D eigenvalue weighted by Gasteiger charge is -2.11. The Morgan fingerprint density at radius 1 is 1.11 bits per heavy atom. The van der Waals surface area contributed by atoms with Crippen molar-refractivity contribution in [3.63, 3.8) is 0 Å². The summed E-state index contributed by atoms with van der Waals surface area (Å²) in [5.74, 6) is 1.57. The molecule has 0 bridgehead atoms. The summed E-state index contributed by atoms with van der Waals surface area (Å²) in [6.07, 6.45) is 2.00. The average Bonchev–Trinajstić information content (AvgIpc) is 2.60. The normalized spacial score (nSPS) is 11.7. The van der Waals surface area contributed by atoms with Crippen LogP contribution in [0.4, 0.5) is 0 Å². The van der Waals surface area contributed by atoms with Gasteiger partial charge in [-0.3, -0.25) is 4.99 Å². The number of guanidine groups is 1. The molecule has 0 saturated carbocycles. The van der Waals surface area contributed by atoms with Gasteiger partial charge in [0, 0.05) is 32.3 Å². The Morgan fingerprint density at radius 2 is 1.85 bits per heavy atom. The van der Waals surface area contributed by atoms with E-state index < -0.39 is 9.84 Å². The van der Waals surface area contributed by atoms with Crippen LogP contribution in [0.5, 0.6) is 5.75 Å². The van der Waals surface area contributed by atoms with Gasteiger partial charge in [-0.2, -0.15) is 0 Å². The minimum atomic E-state index is -2.98. The first-order chi connectivity index (χ1) is 12.5. The van der Waals surface area contributed by atoms with Crippen molar-refractivity contribution in [2.45, 2.75) is 13.3 Å². The van der Waals surface area contributed by atoms with Crippen molar-refractivity contribution in [2.75, 3.05) is 38.2 Å². The fourth-order valence-corrected chi connectivity index (χ4v) is 2.87. The van der Waals surface area contributed by atoms with Crippen molar-refractivity contribution in [3.05, 3.63) is 42.5 Å². The SMILES string of the molecule is CCNC(=NCCCOc1ccc2ccccc2c1)NCCS(C)(=O)=O.I. The van der Waals surface area contributed by atoms with E-state index in [1.165, 1.54) is 11.6 Å². The van der Waals surface area contributed by atoms with Crippen LogP contribution in [0.1, 0.15) is 13.3 Å². The molecule has 2 N–H and O–H groups in total. The van der Waals surface area contributed by atoms with Crippen LogP contribution in [0.15, 0.2) is 47.5 Å². The molecule has 0 aromatic heterocycles. The second-order valence-corrected chi connectivity index (χ2v) is 8.29. The van der Waals surface area contributed by atoms with Crippen LogP contribution in [0, 0.1) is 0 Å².